The number of aromatic nitrogens is 1. The highest BCUT2D eigenvalue weighted by molar-refractivity contribution is 5.31. The second kappa shape index (κ2) is 3.36. The number of fused-ring (bicyclic) bond motifs is 1. The van der Waals surface area contributed by atoms with Crippen molar-refractivity contribution in [3.05, 3.63) is 33.2 Å². The normalized spacial score (nSPS) is 15.5. The molecule has 0 amide bonds. The second-order valence-corrected chi connectivity index (χ2v) is 3.68. The molecule has 0 radical (unpaired) electrons. The molecule has 2 rings (SSSR count). The van der Waals surface area contributed by atoms with Crippen molar-refractivity contribution < 1.29 is 0 Å². The van der Waals surface area contributed by atoms with Crippen LogP contribution in [0, 0.1) is 0 Å². The van der Waals surface area contributed by atoms with E-state index in [4.69, 9.17) is 0 Å². The van der Waals surface area contributed by atoms with Crippen molar-refractivity contribution in [1.82, 2.24) is 4.98 Å². The SMILES string of the molecule is CCc1cc(=O)[nH]c2c1CCCC2. The van der Waals surface area contributed by atoms with E-state index in [0.29, 0.717) is 0 Å². The van der Waals surface area contributed by atoms with Crippen molar-refractivity contribution in [2.45, 2.75) is 39.0 Å². The van der Waals surface area contributed by atoms with Gasteiger partial charge in [-0.15, -0.1) is 0 Å². The fourth-order valence-corrected chi connectivity index (χ4v) is 2.14. The highest BCUT2D eigenvalue weighted by Gasteiger charge is 2.13. The molecule has 0 fully saturated rings. The lowest BCUT2D eigenvalue weighted by atomic mass is 9.91. The van der Waals surface area contributed by atoms with Crippen LogP contribution in [-0.4, -0.2) is 4.98 Å². The van der Waals surface area contributed by atoms with E-state index in [1.165, 1.54) is 29.7 Å². The molecule has 1 aromatic heterocycles. The fourth-order valence-electron chi connectivity index (χ4n) is 2.14. The van der Waals surface area contributed by atoms with Gasteiger partial charge in [0.1, 0.15) is 0 Å². The zero-order valence-electron chi connectivity index (χ0n) is 8.02. The van der Waals surface area contributed by atoms with Crippen molar-refractivity contribution in [1.29, 1.82) is 0 Å². The Kier molecular flexibility index (Phi) is 2.21. The van der Waals surface area contributed by atoms with Crippen molar-refractivity contribution in [3.63, 3.8) is 0 Å². The Morgan fingerprint density at radius 3 is 2.92 bits per heavy atom. The minimum atomic E-state index is 0.0671. The minimum absolute atomic E-state index is 0.0671. The Bertz CT molecular complexity index is 345. The first kappa shape index (κ1) is 8.54. The van der Waals surface area contributed by atoms with Crippen LogP contribution < -0.4 is 5.56 Å². The standard InChI is InChI=1S/C11H15NO/c1-2-8-7-11(13)12-10-6-4-3-5-9(8)10/h7H,2-6H2,1H3,(H,12,13). The molecule has 1 aromatic rings. The van der Waals surface area contributed by atoms with Crippen molar-refractivity contribution in [2.75, 3.05) is 0 Å². The molecule has 0 unspecified atom stereocenters. The van der Waals surface area contributed by atoms with Gasteiger partial charge in [0.15, 0.2) is 0 Å². The Balaban J connectivity index is 2.57. The molecule has 2 heteroatoms. The third-order valence-corrected chi connectivity index (χ3v) is 2.82. The summed E-state index contributed by atoms with van der Waals surface area (Å²) in [5.41, 5.74) is 3.92. The second-order valence-electron chi connectivity index (χ2n) is 3.68. The Labute approximate surface area is 78.0 Å². The van der Waals surface area contributed by atoms with Crippen LogP contribution in [0.1, 0.15) is 36.6 Å². The molecule has 2 nitrogen and oxygen atoms in total. The topological polar surface area (TPSA) is 32.9 Å². The van der Waals surface area contributed by atoms with Crippen LogP contribution >= 0.6 is 0 Å². The van der Waals surface area contributed by atoms with E-state index in [1.54, 1.807) is 6.07 Å². The molecule has 1 aliphatic rings. The van der Waals surface area contributed by atoms with E-state index in [9.17, 15) is 4.79 Å². The first-order valence-electron chi connectivity index (χ1n) is 5.05. The summed E-state index contributed by atoms with van der Waals surface area (Å²) in [6.45, 7) is 2.11. The van der Waals surface area contributed by atoms with Crippen LogP contribution in [0.4, 0.5) is 0 Å². The summed E-state index contributed by atoms with van der Waals surface area (Å²) in [5.74, 6) is 0. The molecule has 0 atom stereocenters. The predicted molar refractivity (Wildman–Crippen MR) is 53.1 cm³/mol. The van der Waals surface area contributed by atoms with Gasteiger partial charge in [-0.2, -0.15) is 0 Å². The van der Waals surface area contributed by atoms with Gasteiger partial charge in [0.2, 0.25) is 5.56 Å². The van der Waals surface area contributed by atoms with Gasteiger partial charge in [-0.25, -0.2) is 0 Å². The van der Waals surface area contributed by atoms with Crippen molar-refractivity contribution >= 4 is 0 Å². The number of aromatic amines is 1. The molecule has 1 heterocycles. The molecule has 0 saturated heterocycles. The van der Waals surface area contributed by atoms with E-state index in [1.807, 2.05) is 0 Å². The van der Waals surface area contributed by atoms with Crippen LogP contribution in [0.3, 0.4) is 0 Å². The molecule has 1 N–H and O–H groups in total. The zero-order chi connectivity index (χ0) is 9.26. The number of rotatable bonds is 1. The number of H-pyrrole nitrogens is 1. The molecule has 0 saturated carbocycles. The molecule has 0 aromatic carbocycles. The lowest BCUT2D eigenvalue weighted by Crippen LogP contribution is -2.16. The predicted octanol–water partition coefficient (Wildman–Crippen LogP) is 1.82. The van der Waals surface area contributed by atoms with E-state index < -0.39 is 0 Å². The third kappa shape index (κ3) is 1.53. The van der Waals surface area contributed by atoms with E-state index in [2.05, 4.69) is 11.9 Å². The fraction of sp³-hybridized carbons (Fsp3) is 0.545. The van der Waals surface area contributed by atoms with Gasteiger partial charge in [0, 0.05) is 11.8 Å². The van der Waals surface area contributed by atoms with Crippen LogP contribution in [0.25, 0.3) is 0 Å². The van der Waals surface area contributed by atoms with Gasteiger partial charge in [-0.05, 0) is 43.2 Å². The van der Waals surface area contributed by atoms with Crippen LogP contribution in [0.15, 0.2) is 10.9 Å². The van der Waals surface area contributed by atoms with Gasteiger partial charge in [-0.3, -0.25) is 4.79 Å². The Hall–Kier alpha value is -1.05. The molecule has 1 aliphatic carbocycles. The molecule has 13 heavy (non-hydrogen) atoms. The minimum Gasteiger partial charge on any atom is -0.326 e. The quantitative estimate of drug-likeness (QED) is 0.697. The maximum atomic E-state index is 11.3. The number of hydrogen-bond donors (Lipinski definition) is 1. The van der Waals surface area contributed by atoms with Crippen LogP contribution in [0.2, 0.25) is 0 Å². The largest absolute Gasteiger partial charge is 0.326 e. The van der Waals surface area contributed by atoms with Gasteiger partial charge < -0.3 is 4.98 Å². The summed E-state index contributed by atoms with van der Waals surface area (Å²) in [4.78, 5) is 14.2. The summed E-state index contributed by atoms with van der Waals surface area (Å²) in [6, 6.07) is 1.75. The number of aryl methyl sites for hydroxylation is 2. The first-order chi connectivity index (χ1) is 6.31. The molecular weight excluding hydrogens is 162 g/mol. The van der Waals surface area contributed by atoms with E-state index >= 15 is 0 Å². The average Bonchev–Trinajstić information content (AvgIpc) is 2.16. The van der Waals surface area contributed by atoms with Gasteiger partial charge in [0.25, 0.3) is 0 Å². The number of hydrogen-bond acceptors (Lipinski definition) is 1. The van der Waals surface area contributed by atoms with E-state index in [0.717, 1.165) is 19.3 Å². The van der Waals surface area contributed by atoms with Gasteiger partial charge in [-0.1, -0.05) is 6.92 Å². The summed E-state index contributed by atoms with van der Waals surface area (Å²) in [5, 5.41) is 0. The van der Waals surface area contributed by atoms with Gasteiger partial charge >= 0.3 is 0 Å². The van der Waals surface area contributed by atoms with Crippen molar-refractivity contribution in [3.8, 4) is 0 Å². The molecule has 0 bridgehead atoms. The maximum Gasteiger partial charge on any atom is 0.248 e. The molecule has 0 spiro atoms. The smallest absolute Gasteiger partial charge is 0.248 e. The maximum absolute atomic E-state index is 11.3. The summed E-state index contributed by atoms with van der Waals surface area (Å²) < 4.78 is 0. The summed E-state index contributed by atoms with van der Waals surface area (Å²) >= 11 is 0. The number of pyridine rings is 1. The third-order valence-electron chi connectivity index (χ3n) is 2.82. The Morgan fingerprint density at radius 1 is 1.38 bits per heavy atom. The summed E-state index contributed by atoms with van der Waals surface area (Å²) in [7, 11) is 0. The molecule has 0 aliphatic heterocycles. The van der Waals surface area contributed by atoms with Crippen LogP contribution in [-0.2, 0) is 19.3 Å². The zero-order valence-corrected chi connectivity index (χ0v) is 8.02. The highest BCUT2D eigenvalue weighted by atomic mass is 16.1. The van der Waals surface area contributed by atoms with Crippen LogP contribution in [0.5, 0.6) is 0 Å². The molecular formula is C11H15NO. The molecule has 70 valence electrons. The highest BCUT2D eigenvalue weighted by Crippen LogP contribution is 2.21. The first-order valence-corrected chi connectivity index (χ1v) is 5.05. The number of nitrogens with one attached hydrogen (secondary N) is 1. The lowest BCUT2D eigenvalue weighted by molar-refractivity contribution is 0.658. The van der Waals surface area contributed by atoms with Gasteiger partial charge in [0.05, 0.1) is 0 Å². The summed E-state index contributed by atoms with van der Waals surface area (Å²) in [6.07, 6.45) is 5.67. The van der Waals surface area contributed by atoms with Crippen molar-refractivity contribution in [2.24, 2.45) is 0 Å². The van der Waals surface area contributed by atoms with E-state index in [-0.39, 0.29) is 5.56 Å². The lowest BCUT2D eigenvalue weighted by Gasteiger charge is -2.17. The average molecular weight is 177 g/mol. The monoisotopic (exact) mass is 177 g/mol. The Morgan fingerprint density at radius 2 is 2.15 bits per heavy atom.